The van der Waals surface area contributed by atoms with Crippen LogP contribution in [0.5, 0.6) is 0 Å². The van der Waals surface area contributed by atoms with Crippen molar-refractivity contribution in [3.8, 4) is 0 Å². The number of hydrogen-bond donors (Lipinski definition) is 0. The zero-order chi connectivity index (χ0) is 8.81. The summed E-state index contributed by atoms with van der Waals surface area (Å²) in [7, 11) is 1.53. The van der Waals surface area contributed by atoms with Crippen LogP contribution in [-0.2, 0) is 4.79 Å². The number of hydrogen-bond acceptors (Lipinski definition) is 3. The molecule has 0 aliphatic heterocycles. The van der Waals surface area contributed by atoms with E-state index in [9.17, 15) is 4.79 Å². The summed E-state index contributed by atoms with van der Waals surface area (Å²) < 4.78 is 0. The van der Waals surface area contributed by atoms with Crippen molar-refractivity contribution in [2.75, 3.05) is 7.05 Å². The quantitative estimate of drug-likeness (QED) is 0.380. The van der Waals surface area contributed by atoms with E-state index in [1.165, 1.54) is 7.05 Å². The Morgan fingerprint density at radius 2 is 2.00 bits per heavy atom. The Balaban J connectivity index is 2.63. The second-order valence-electron chi connectivity index (χ2n) is 2.20. The van der Waals surface area contributed by atoms with Gasteiger partial charge in [0.25, 0.3) is 0 Å². The third-order valence-electron chi connectivity index (χ3n) is 1.21. The van der Waals surface area contributed by atoms with E-state index in [2.05, 4.69) is 10.3 Å². The minimum absolute atomic E-state index is 0.590. The van der Waals surface area contributed by atoms with Crippen LogP contribution in [0.1, 0.15) is 0 Å². The van der Waals surface area contributed by atoms with Crippen LogP contribution < -0.4 is 0 Å². The number of nitrogens with zero attached hydrogens (tertiary/aromatic N) is 3. The van der Waals surface area contributed by atoms with E-state index in [0.717, 1.165) is 10.7 Å². The first-order valence-electron chi connectivity index (χ1n) is 3.48. The highest BCUT2D eigenvalue weighted by Gasteiger charge is 1.87. The Morgan fingerprint density at radius 1 is 1.33 bits per heavy atom. The number of benzene rings is 1. The summed E-state index contributed by atoms with van der Waals surface area (Å²) >= 11 is 0. The topological polar surface area (TPSA) is 45.0 Å². The first kappa shape index (κ1) is 8.39. The lowest BCUT2D eigenvalue weighted by molar-refractivity contribution is -0.117. The Morgan fingerprint density at radius 3 is 2.58 bits per heavy atom. The highest BCUT2D eigenvalue weighted by molar-refractivity contribution is 5.45. The zero-order valence-corrected chi connectivity index (χ0v) is 6.71. The molecule has 0 radical (unpaired) electrons. The van der Waals surface area contributed by atoms with Gasteiger partial charge in [0.05, 0.1) is 5.69 Å². The fraction of sp³-hybridized carbons (Fsp3) is 0.125. The lowest BCUT2D eigenvalue weighted by atomic mass is 10.3. The molecule has 4 heteroatoms. The van der Waals surface area contributed by atoms with Crippen LogP contribution in [0.2, 0.25) is 0 Å². The van der Waals surface area contributed by atoms with Crippen LogP contribution in [0.25, 0.3) is 0 Å². The van der Waals surface area contributed by atoms with Crippen molar-refractivity contribution in [3.05, 3.63) is 30.3 Å². The van der Waals surface area contributed by atoms with Crippen molar-refractivity contribution in [2.45, 2.75) is 0 Å². The molecule has 12 heavy (non-hydrogen) atoms. The van der Waals surface area contributed by atoms with Gasteiger partial charge < -0.3 is 0 Å². The van der Waals surface area contributed by atoms with Crippen molar-refractivity contribution in [3.63, 3.8) is 0 Å². The molecule has 0 saturated heterocycles. The first-order valence-corrected chi connectivity index (χ1v) is 3.48. The van der Waals surface area contributed by atoms with Gasteiger partial charge in [-0.15, -0.1) is 5.11 Å². The van der Waals surface area contributed by atoms with Crippen molar-refractivity contribution < 1.29 is 4.79 Å². The van der Waals surface area contributed by atoms with Crippen molar-refractivity contribution in [1.29, 1.82) is 0 Å². The maximum atomic E-state index is 10.1. The largest absolute Gasteiger partial charge is 0.277 e. The van der Waals surface area contributed by atoms with E-state index >= 15 is 0 Å². The van der Waals surface area contributed by atoms with Gasteiger partial charge >= 0.3 is 0 Å². The fourth-order valence-electron chi connectivity index (χ4n) is 0.638. The molecule has 1 aromatic rings. The van der Waals surface area contributed by atoms with Gasteiger partial charge in [0.2, 0.25) is 6.41 Å². The minimum Gasteiger partial charge on any atom is -0.277 e. The molecule has 0 saturated carbocycles. The number of rotatable bonds is 3. The van der Waals surface area contributed by atoms with E-state index in [1.807, 2.05) is 30.3 Å². The van der Waals surface area contributed by atoms with Gasteiger partial charge in [0.1, 0.15) is 0 Å². The van der Waals surface area contributed by atoms with E-state index in [1.54, 1.807) is 0 Å². The molecule has 4 nitrogen and oxygen atoms in total. The third kappa shape index (κ3) is 2.49. The molecule has 0 spiro atoms. The number of carbonyl (C=O) groups excluding carboxylic acids is 1. The molecular formula is C8H9N3O. The summed E-state index contributed by atoms with van der Waals surface area (Å²) in [6.07, 6.45) is 0.590. The molecule has 1 rings (SSSR count). The van der Waals surface area contributed by atoms with Gasteiger partial charge in [-0.25, -0.2) is 5.01 Å². The molecule has 0 aliphatic rings. The smallest absolute Gasteiger partial charge is 0.230 e. The van der Waals surface area contributed by atoms with Crippen LogP contribution in [0.4, 0.5) is 5.69 Å². The summed E-state index contributed by atoms with van der Waals surface area (Å²) in [5, 5.41) is 8.50. The zero-order valence-electron chi connectivity index (χ0n) is 6.71. The van der Waals surface area contributed by atoms with E-state index in [0.29, 0.717) is 6.41 Å². The molecule has 1 aromatic carbocycles. The summed E-state index contributed by atoms with van der Waals surface area (Å²) in [6.45, 7) is 0. The van der Waals surface area contributed by atoms with Gasteiger partial charge in [0, 0.05) is 7.05 Å². The predicted molar refractivity (Wildman–Crippen MR) is 44.8 cm³/mol. The molecule has 0 atom stereocenters. The SMILES string of the molecule is CN(C=O)N=Nc1ccccc1. The lowest BCUT2D eigenvalue weighted by Gasteiger charge is -1.97. The molecule has 0 fully saturated rings. The summed E-state index contributed by atoms with van der Waals surface area (Å²) in [6, 6.07) is 9.22. The highest BCUT2D eigenvalue weighted by atomic mass is 16.1. The van der Waals surface area contributed by atoms with Crippen molar-refractivity contribution >= 4 is 12.1 Å². The molecule has 0 N–H and O–H groups in total. The van der Waals surface area contributed by atoms with E-state index in [-0.39, 0.29) is 0 Å². The normalized spacial score (nSPS) is 10.1. The third-order valence-corrected chi connectivity index (χ3v) is 1.21. The molecule has 1 amide bonds. The average molecular weight is 163 g/mol. The Labute approximate surface area is 70.5 Å². The second kappa shape index (κ2) is 4.23. The number of amides is 1. The Kier molecular flexibility index (Phi) is 2.95. The average Bonchev–Trinajstić information content (AvgIpc) is 2.16. The maximum Gasteiger partial charge on any atom is 0.230 e. The van der Waals surface area contributed by atoms with Gasteiger partial charge in [-0.05, 0) is 12.1 Å². The molecular weight excluding hydrogens is 154 g/mol. The van der Waals surface area contributed by atoms with Gasteiger partial charge in [-0.2, -0.15) is 0 Å². The van der Waals surface area contributed by atoms with Crippen molar-refractivity contribution in [2.24, 2.45) is 10.3 Å². The molecule has 0 heterocycles. The highest BCUT2D eigenvalue weighted by Crippen LogP contribution is 2.09. The van der Waals surface area contributed by atoms with E-state index in [4.69, 9.17) is 0 Å². The van der Waals surface area contributed by atoms with Crippen LogP contribution in [0.3, 0.4) is 0 Å². The monoisotopic (exact) mass is 163 g/mol. The molecule has 62 valence electrons. The van der Waals surface area contributed by atoms with Gasteiger partial charge in [-0.3, -0.25) is 4.79 Å². The molecule has 0 unspecified atom stereocenters. The molecule has 0 aromatic heterocycles. The summed E-state index contributed by atoms with van der Waals surface area (Å²) in [5.41, 5.74) is 0.728. The van der Waals surface area contributed by atoms with Gasteiger partial charge in [0.15, 0.2) is 0 Å². The van der Waals surface area contributed by atoms with Crippen LogP contribution in [-0.4, -0.2) is 18.5 Å². The molecule has 0 bridgehead atoms. The van der Waals surface area contributed by atoms with Crippen LogP contribution in [0, 0.1) is 0 Å². The van der Waals surface area contributed by atoms with Crippen LogP contribution in [0.15, 0.2) is 40.7 Å². The molecule has 0 aliphatic carbocycles. The maximum absolute atomic E-state index is 10.1. The Bertz CT molecular complexity index is 271. The van der Waals surface area contributed by atoms with Crippen LogP contribution >= 0.6 is 0 Å². The number of carbonyl (C=O) groups is 1. The minimum atomic E-state index is 0.590. The fourth-order valence-corrected chi connectivity index (χ4v) is 0.638. The first-order chi connectivity index (χ1) is 5.83. The second-order valence-corrected chi connectivity index (χ2v) is 2.20. The van der Waals surface area contributed by atoms with Crippen molar-refractivity contribution in [1.82, 2.24) is 5.01 Å². The Hall–Kier alpha value is -1.71. The predicted octanol–water partition coefficient (Wildman–Crippen LogP) is 1.77. The summed E-state index contributed by atoms with van der Waals surface area (Å²) in [5.74, 6) is 0. The summed E-state index contributed by atoms with van der Waals surface area (Å²) in [4.78, 5) is 10.1. The lowest BCUT2D eigenvalue weighted by Crippen LogP contribution is -2.04. The standard InChI is InChI=1S/C8H9N3O/c1-11(7-12)10-9-8-5-3-2-4-6-8/h2-7H,1H3. The van der Waals surface area contributed by atoms with Gasteiger partial charge in [-0.1, -0.05) is 23.4 Å². The van der Waals surface area contributed by atoms with E-state index < -0.39 is 0 Å².